The highest BCUT2D eigenvalue weighted by molar-refractivity contribution is 6.42. The Hall–Kier alpha value is -3.08. The number of pyridine rings is 1. The van der Waals surface area contributed by atoms with Crippen molar-refractivity contribution in [3.05, 3.63) is 93.6 Å². The summed E-state index contributed by atoms with van der Waals surface area (Å²) < 4.78 is 1.87. The fourth-order valence-electron chi connectivity index (χ4n) is 3.18. The van der Waals surface area contributed by atoms with Gasteiger partial charge in [0.25, 0.3) is 0 Å². The van der Waals surface area contributed by atoms with Crippen LogP contribution in [-0.4, -0.2) is 15.3 Å². The first-order valence-electron chi connectivity index (χ1n) is 9.41. The van der Waals surface area contributed by atoms with Gasteiger partial charge in [-0.05, 0) is 49.2 Å². The van der Waals surface area contributed by atoms with Crippen LogP contribution in [0, 0.1) is 13.8 Å². The molecule has 0 unspecified atom stereocenters. The third kappa shape index (κ3) is 4.11. The number of benzene rings is 2. The van der Waals surface area contributed by atoms with Crippen LogP contribution < -0.4 is 5.32 Å². The number of carbonyl (C=O) groups excluding carboxylic acids is 1. The maximum Gasteiger partial charge on any atom is 0.249 e. The fourth-order valence-corrected chi connectivity index (χ4v) is 3.47. The predicted octanol–water partition coefficient (Wildman–Crippen LogP) is 6.58. The molecule has 0 aliphatic carbocycles. The highest BCUT2D eigenvalue weighted by Crippen LogP contribution is 2.33. The quantitative estimate of drug-likeness (QED) is 0.368. The first kappa shape index (κ1) is 20.2. The van der Waals surface area contributed by atoms with Gasteiger partial charge >= 0.3 is 0 Å². The van der Waals surface area contributed by atoms with E-state index < -0.39 is 0 Å². The number of halogens is 2. The highest BCUT2D eigenvalue weighted by atomic mass is 35.5. The number of imidazole rings is 1. The monoisotopic (exact) mass is 435 g/mol. The summed E-state index contributed by atoms with van der Waals surface area (Å²) in [4.78, 5) is 17.5. The largest absolute Gasteiger partial charge is 0.306 e. The number of aryl methyl sites for hydroxylation is 2. The Labute approximate surface area is 184 Å². The maximum atomic E-state index is 12.7. The van der Waals surface area contributed by atoms with Gasteiger partial charge in [0.15, 0.2) is 0 Å². The van der Waals surface area contributed by atoms with Crippen molar-refractivity contribution < 1.29 is 4.79 Å². The fraction of sp³-hybridized carbons (Fsp3) is 0.0833. The van der Waals surface area contributed by atoms with Gasteiger partial charge in [-0.3, -0.25) is 9.20 Å². The van der Waals surface area contributed by atoms with E-state index in [4.69, 9.17) is 28.2 Å². The summed E-state index contributed by atoms with van der Waals surface area (Å²) in [5.74, 6) is 0.325. The third-order valence-corrected chi connectivity index (χ3v) is 5.52. The van der Waals surface area contributed by atoms with E-state index in [0.29, 0.717) is 21.6 Å². The lowest BCUT2D eigenvalue weighted by atomic mass is 10.1. The lowest BCUT2D eigenvalue weighted by Gasteiger charge is -2.07. The second-order valence-electron chi connectivity index (χ2n) is 7.06. The number of rotatable bonds is 4. The van der Waals surface area contributed by atoms with Gasteiger partial charge in [-0.25, -0.2) is 4.98 Å². The van der Waals surface area contributed by atoms with Crippen LogP contribution in [0.3, 0.4) is 0 Å². The standard InChI is InChI=1S/C24H19Cl2N3O/c1-15-5-7-17(8-6-15)9-12-21(30)27-24-22(18-10-11-19(25)20(26)14-18)28-23-16(2)4-3-13-29(23)24/h3-14H,1-2H3,(H,27,30)/b12-9+. The van der Waals surface area contributed by atoms with Crippen LogP contribution in [0.1, 0.15) is 16.7 Å². The molecule has 4 rings (SSSR count). The summed E-state index contributed by atoms with van der Waals surface area (Å²) in [6.07, 6.45) is 5.16. The highest BCUT2D eigenvalue weighted by Gasteiger charge is 2.17. The second kappa shape index (κ2) is 8.34. The molecule has 2 aromatic heterocycles. The Balaban J connectivity index is 1.73. The van der Waals surface area contributed by atoms with E-state index in [2.05, 4.69) is 5.32 Å². The molecule has 1 amide bonds. The van der Waals surface area contributed by atoms with Gasteiger partial charge in [-0.15, -0.1) is 0 Å². The summed E-state index contributed by atoms with van der Waals surface area (Å²) in [6, 6.07) is 17.2. The summed E-state index contributed by atoms with van der Waals surface area (Å²) in [5.41, 5.74) is 5.27. The molecule has 30 heavy (non-hydrogen) atoms. The Morgan fingerprint density at radius 2 is 1.80 bits per heavy atom. The smallest absolute Gasteiger partial charge is 0.249 e. The molecule has 1 N–H and O–H groups in total. The van der Waals surface area contributed by atoms with Crippen molar-refractivity contribution >= 4 is 46.7 Å². The zero-order chi connectivity index (χ0) is 21.3. The molecular weight excluding hydrogens is 417 g/mol. The minimum absolute atomic E-state index is 0.250. The minimum Gasteiger partial charge on any atom is -0.306 e. The van der Waals surface area contributed by atoms with E-state index in [1.165, 1.54) is 11.6 Å². The van der Waals surface area contributed by atoms with Crippen LogP contribution in [0.2, 0.25) is 10.0 Å². The molecule has 0 aliphatic heterocycles. The zero-order valence-corrected chi connectivity index (χ0v) is 18.0. The van der Waals surface area contributed by atoms with Gasteiger partial charge < -0.3 is 5.32 Å². The summed E-state index contributed by atoms with van der Waals surface area (Å²) in [7, 11) is 0. The van der Waals surface area contributed by atoms with Crippen molar-refractivity contribution in [3.8, 4) is 11.3 Å². The van der Waals surface area contributed by atoms with E-state index in [1.807, 2.05) is 66.9 Å². The number of fused-ring (bicyclic) bond motifs is 1. The molecular formula is C24H19Cl2N3O. The molecule has 0 bridgehead atoms. The Morgan fingerprint density at radius 3 is 2.53 bits per heavy atom. The van der Waals surface area contributed by atoms with Crippen LogP contribution in [0.15, 0.2) is 66.9 Å². The Kier molecular flexibility index (Phi) is 5.62. The molecule has 4 aromatic rings. The summed E-state index contributed by atoms with van der Waals surface area (Å²) in [5, 5.41) is 3.87. The number of aromatic nitrogens is 2. The average molecular weight is 436 g/mol. The number of amides is 1. The molecule has 2 aromatic carbocycles. The van der Waals surface area contributed by atoms with Crippen LogP contribution >= 0.6 is 23.2 Å². The second-order valence-corrected chi connectivity index (χ2v) is 7.87. The summed E-state index contributed by atoms with van der Waals surface area (Å²) >= 11 is 12.3. The molecule has 6 heteroatoms. The van der Waals surface area contributed by atoms with Crippen molar-refractivity contribution in [1.82, 2.24) is 9.38 Å². The first-order valence-corrected chi connectivity index (χ1v) is 10.2. The molecule has 0 saturated carbocycles. The van der Waals surface area contributed by atoms with E-state index in [-0.39, 0.29) is 5.91 Å². The normalized spacial score (nSPS) is 11.3. The molecule has 0 fully saturated rings. The maximum absolute atomic E-state index is 12.7. The van der Waals surface area contributed by atoms with Gasteiger partial charge in [-0.1, -0.05) is 65.2 Å². The van der Waals surface area contributed by atoms with Crippen LogP contribution in [0.25, 0.3) is 23.0 Å². The van der Waals surface area contributed by atoms with Crippen molar-refractivity contribution in [3.63, 3.8) is 0 Å². The average Bonchev–Trinajstić information content (AvgIpc) is 3.09. The zero-order valence-electron chi connectivity index (χ0n) is 16.5. The number of nitrogens with zero attached hydrogens (tertiary/aromatic N) is 2. The molecule has 2 heterocycles. The van der Waals surface area contributed by atoms with Gasteiger partial charge in [0.1, 0.15) is 17.2 Å². The molecule has 0 aliphatic rings. The van der Waals surface area contributed by atoms with E-state index in [0.717, 1.165) is 22.3 Å². The van der Waals surface area contributed by atoms with Crippen molar-refractivity contribution in [1.29, 1.82) is 0 Å². The summed E-state index contributed by atoms with van der Waals surface area (Å²) in [6.45, 7) is 4.00. The number of nitrogens with one attached hydrogen (secondary N) is 1. The van der Waals surface area contributed by atoms with Crippen molar-refractivity contribution in [2.75, 3.05) is 5.32 Å². The lowest BCUT2D eigenvalue weighted by molar-refractivity contribution is -0.111. The number of anilines is 1. The van der Waals surface area contributed by atoms with E-state index in [1.54, 1.807) is 18.2 Å². The van der Waals surface area contributed by atoms with E-state index >= 15 is 0 Å². The van der Waals surface area contributed by atoms with Crippen molar-refractivity contribution in [2.24, 2.45) is 0 Å². The van der Waals surface area contributed by atoms with Crippen LogP contribution in [-0.2, 0) is 4.79 Å². The third-order valence-electron chi connectivity index (χ3n) is 4.78. The minimum atomic E-state index is -0.250. The molecule has 0 spiro atoms. The van der Waals surface area contributed by atoms with Crippen LogP contribution in [0.4, 0.5) is 5.82 Å². The van der Waals surface area contributed by atoms with Gasteiger partial charge in [0.05, 0.1) is 10.0 Å². The van der Waals surface area contributed by atoms with Crippen LogP contribution in [0.5, 0.6) is 0 Å². The molecule has 0 radical (unpaired) electrons. The van der Waals surface area contributed by atoms with Gasteiger partial charge in [0.2, 0.25) is 5.91 Å². The lowest BCUT2D eigenvalue weighted by Crippen LogP contribution is -2.10. The molecule has 4 nitrogen and oxygen atoms in total. The van der Waals surface area contributed by atoms with Gasteiger partial charge in [0, 0.05) is 17.8 Å². The topological polar surface area (TPSA) is 46.4 Å². The number of hydrogen-bond donors (Lipinski definition) is 1. The Morgan fingerprint density at radius 1 is 1.03 bits per heavy atom. The Bertz CT molecular complexity index is 1270. The predicted molar refractivity (Wildman–Crippen MR) is 124 cm³/mol. The molecule has 0 atom stereocenters. The number of carbonyl (C=O) groups is 1. The van der Waals surface area contributed by atoms with Gasteiger partial charge in [-0.2, -0.15) is 0 Å². The molecule has 0 saturated heterocycles. The van der Waals surface area contributed by atoms with E-state index in [9.17, 15) is 4.79 Å². The van der Waals surface area contributed by atoms with Crippen molar-refractivity contribution in [2.45, 2.75) is 13.8 Å². The first-order chi connectivity index (χ1) is 14.4. The molecule has 150 valence electrons. The SMILES string of the molecule is Cc1ccc(/C=C/C(=O)Nc2c(-c3ccc(Cl)c(Cl)c3)nc3c(C)cccn23)cc1. The number of hydrogen-bond acceptors (Lipinski definition) is 2.